The zero-order valence-electron chi connectivity index (χ0n) is 10.8. The number of nitrogens with zero attached hydrogens (tertiary/aromatic N) is 4. The quantitative estimate of drug-likeness (QED) is 0.936. The van der Waals surface area contributed by atoms with Gasteiger partial charge in [-0.3, -0.25) is 4.79 Å². The predicted molar refractivity (Wildman–Crippen MR) is 69.6 cm³/mol. The first-order chi connectivity index (χ1) is 9.31. The van der Waals surface area contributed by atoms with E-state index in [0.29, 0.717) is 11.4 Å². The van der Waals surface area contributed by atoms with Gasteiger partial charge in [0, 0.05) is 5.56 Å². The van der Waals surface area contributed by atoms with Crippen LogP contribution in [0, 0.1) is 11.2 Å². The summed E-state index contributed by atoms with van der Waals surface area (Å²) in [7, 11) is 0. The fourth-order valence-corrected chi connectivity index (χ4v) is 1.87. The molecule has 106 valence electrons. The van der Waals surface area contributed by atoms with Crippen LogP contribution >= 0.6 is 11.6 Å². The standard InChI is InChI=1S/C12H12ClFN4O2/c1-12(2,11(19)20)6-18-10(15-16-17-18)8-4-3-7(14)5-9(8)13/h3-5H,6H2,1-2H3,(H,19,20). The predicted octanol–water partition coefficient (Wildman–Crippen LogP) is 2.24. The molecule has 1 heterocycles. The van der Waals surface area contributed by atoms with Crippen molar-refractivity contribution in [3.05, 3.63) is 29.0 Å². The van der Waals surface area contributed by atoms with Crippen molar-refractivity contribution in [1.29, 1.82) is 0 Å². The molecule has 0 aliphatic rings. The Kier molecular flexibility index (Phi) is 3.71. The van der Waals surface area contributed by atoms with Crippen molar-refractivity contribution >= 4 is 17.6 Å². The number of carbonyl (C=O) groups is 1. The van der Waals surface area contributed by atoms with Gasteiger partial charge in [0.2, 0.25) is 0 Å². The highest BCUT2D eigenvalue weighted by molar-refractivity contribution is 6.33. The van der Waals surface area contributed by atoms with Crippen LogP contribution in [0.25, 0.3) is 11.4 Å². The van der Waals surface area contributed by atoms with Gasteiger partial charge in [0.1, 0.15) is 5.82 Å². The Morgan fingerprint density at radius 3 is 2.80 bits per heavy atom. The molecule has 6 nitrogen and oxygen atoms in total. The molecule has 1 aromatic carbocycles. The second-order valence-corrected chi connectivity index (χ2v) is 5.38. The number of benzene rings is 1. The Hall–Kier alpha value is -2.02. The van der Waals surface area contributed by atoms with Gasteiger partial charge in [-0.1, -0.05) is 11.6 Å². The molecule has 8 heteroatoms. The largest absolute Gasteiger partial charge is 0.481 e. The molecule has 0 radical (unpaired) electrons. The normalized spacial score (nSPS) is 11.6. The van der Waals surface area contributed by atoms with Crippen molar-refractivity contribution in [2.24, 2.45) is 5.41 Å². The number of halogens is 2. The minimum Gasteiger partial charge on any atom is -0.481 e. The third-order valence-electron chi connectivity index (χ3n) is 2.83. The molecule has 20 heavy (non-hydrogen) atoms. The Labute approximate surface area is 119 Å². The molecular weight excluding hydrogens is 287 g/mol. The van der Waals surface area contributed by atoms with Gasteiger partial charge in [-0.2, -0.15) is 0 Å². The number of carboxylic acids is 1. The van der Waals surface area contributed by atoms with E-state index in [0.717, 1.165) is 6.07 Å². The van der Waals surface area contributed by atoms with Gasteiger partial charge >= 0.3 is 5.97 Å². The zero-order chi connectivity index (χ0) is 14.9. The second-order valence-electron chi connectivity index (χ2n) is 4.97. The lowest BCUT2D eigenvalue weighted by molar-refractivity contribution is -0.147. The first-order valence-electron chi connectivity index (χ1n) is 5.76. The Morgan fingerprint density at radius 2 is 2.20 bits per heavy atom. The van der Waals surface area contributed by atoms with Crippen LogP contribution in [0.4, 0.5) is 4.39 Å². The molecule has 0 saturated carbocycles. The zero-order valence-corrected chi connectivity index (χ0v) is 11.6. The molecule has 1 aromatic heterocycles. The number of tetrazole rings is 1. The monoisotopic (exact) mass is 298 g/mol. The van der Waals surface area contributed by atoms with Crippen LogP contribution in [0.5, 0.6) is 0 Å². The van der Waals surface area contributed by atoms with Crippen LogP contribution in [0.1, 0.15) is 13.8 Å². The molecular formula is C12H12ClFN4O2. The third kappa shape index (κ3) is 2.77. The SMILES string of the molecule is CC(C)(Cn1nnnc1-c1ccc(F)cc1Cl)C(=O)O. The van der Waals surface area contributed by atoms with Crippen LogP contribution in [0.15, 0.2) is 18.2 Å². The highest BCUT2D eigenvalue weighted by atomic mass is 35.5. The summed E-state index contributed by atoms with van der Waals surface area (Å²) < 4.78 is 14.4. The average Bonchev–Trinajstić information content (AvgIpc) is 2.76. The van der Waals surface area contributed by atoms with Crippen LogP contribution in [-0.2, 0) is 11.3 Å². The van der Waals surface area contributed by atoms with Crippen molar-refractivity contribution in [1.82, 2.24) is 20.2 Å². The van der Waals surface area contributed by atoms with Gasteiger partial charge in [-0.25, -0.2) is 9.07 Å². The van der Waals surface area contributed by atoms with Crippen molar-refractivity contribution in [2.75, 3.05) is 0 Å². The molecule has 0 atom stereocenters. The first kappa shape index (κ1) is 14.4. The lowest BCUT2D eigenvalue weighted by Gasteiger charge is -2.19. The smallest absolute Gasteiger partial charge is 0.310 e. The summed E-state index contributed by atoms with van der Waals surface area (Å²) in [5.74, 6) is -1.14. The van der Waals surface area contributed by atoms with E-state index < -0.39 is 17.2 Å². The lowest BCUT2D eigenvalue weighted by Crippen LogP contribution is -2.30. The summed E-state index contributed by atoms with van der Waals surface area (Å²) >= 11 is 5.96. The lowest BCUT2D eigenvalue weighted by atomic mass is 9.94. The van der Waals surface area contributed by atoms with Crippen molar-refractivity contribution in [3.63, 3.8) is 0 Å². The van der Waals surface area contributed by atoms with Gasteiger partial charge < -0.3 is 5.11 Å². The minimum atomic E-state index is -1.05. The second kappa shape index (κ2) is 5.16. The minimum absolute atomic E-state index is 0.0678. The van der Waals surface area contributed by atoms with E-state index in [4.69, 9.17) is 16.7 Å². The van der Waals surface area contributed by atoms with Crippen LogP contribution in [0.2, 0.25) is 5.02 Å². The molecule has 0 saturated heterocycles. The number of aliphatic carboxylic acids is 1. The van der Waals surface area contributed by atoms with E-state index >= 15 is 0 Å². The number of rotatable bonds is 4. The topological polar surface area (TPSA) is 80.9 Å². The molecule has 0 spiro atoms. The van der Waals surface area contributed by atoms with E-state index in [-0.39, 0.29) is 11.6 Å². The van der Waals surface area contributed by atoms with E-state index in [1.807, 2.05) is 0 Å². The first-order valence-corrected chi connectivity index (χ1v) is 6.14. The number of aromatic nitrogens is 4. The van der Waals surface area contributed by atoms with Crippen molar-refractivity contribution < 1.29 is 14.3 Å². The summed E-state index contributed by atoms with van der Waals surface area (Å²) in [6, 6.07) is 3.84. The van der Waals surface area contributed by atoms with Gasteiger partial charge in [-0.05, 0) is 42.5 Å². The van der Waals surface area contributed by atoms with E-state index in [2.05, 4.69) is 15.5 Å². The van der Waals surface area contributed by atoms with Gasteiger partial charge in [0.15, 0.2) is 5.82 Å². The van der Waals surface area contributed by atoms with Crippen LogP contribution in [0.3, 0.4) is 0 Å². The molecule has 0 amide bonds. The molecule has 0 fully saturated rings. The van der Waals surface area contributed by atoms with Crippen LogP contribution < -0.4 is 0 Å². The summed E-state index contributed by atoms with van der Waals surface area (Å²) in [5, 5.41) is 20.4. The van der Waals surface area contributed by atoms with E-state index in [1.54, 1.807) is 13.8 Å². The highest BCUT2D eigenvalue weighted by Gasteiger charge is 2.30. The Balaban J connectivity index is 2.41. The molecule has 0 aliphatic heterocycles. The Morgan fingerprint density at radius 1 is 1.50 bits per heavy atom. The van der Waals surface area contributed by atoms with Gasteiger partial charge in [0.25, 0.3) is 0 Å². The molecule has 1 N–H and O–H groups in total. The summed E-state index contributed by atoms with van der Waals surface area (Å²) in [4.78, 5) is 11.1. The third-order valence-corrected chi connectivity index (χ3v) is 3.14. The molecule has 2 rings (SSSR count). The summed E-state index contributed by atoms with van der Waals surface area (Å²) in [5.41, 5.74) is -0.601. The summed E-state index contributed by atoms with van der Waals surface area (Å²) in [6.45, 7) is 3.19. The van der Waals surface area contributed by atoms with Gasteiger partial charge in [0.05, 0.1) is 17.0 Å². The number of hydrogen-bond acceptors (Lipinski definition) is 4. The number of carboxylic acid groups (broad SMARTS) is 1. The molecule has 0 unspecified atom stereocenters. The fourth-order valence-electron chi connectivity index (χ4n) is 1.62. The Bertz CT molecular complexity index is 657. The molecule has 2 aromatic rings. The van der Waals surface area contributed by atoms with Crippen molar-refractivity contribution in [3.8, 4) is 11.4 Å². The average molecular weight is 299 g/mol. The van der Waals surface area contributed by atoms with Crippen LogP contribution in [-0.4, -0.2) is 31.3 Å². The maximum Gasteiger partial charge on any atom is 0.310 e. The molecule has 0 bridgehead atoms. The maximum absolute atomic E-state index is 13.0. The van der Waals surface area contributed by atoms with E-state index in [1.165, 1.54) is 16.8 Å². The molecule has 0 aliphatic carbocycles. The number of hydrogen-bond donors (Lipinski definition) is 1. The fraction of sp³-hybridized carbons (Fsp3) is 0.333. The highest BCUT2D eigenvalue weighted by Crippen LogP contribution is 2.28. The summed E-state index contributed by atoms with van der Waals surface area (Å²) in [6.07, 6.45) is 0. The van der Waals surface area contributed by atoms with E-state index in [9.17, 15) is 9.18 Å². The van der Waals surface area contributed by atoms with Gasteiger partial charge in [-0.15, -0.1) is 5.10 Å². The van der Waals surface area contributed by atoms with Crippen molar-refractivity contribution in [2.45, 2.75) is 20.4 Å². The maximum atomic E-state index is 13.0.